The number of rotatable bonds is 7. The summed E-state index contributed by atoms with van der Waals surface area (Å²) in [5.74, 6) is 0.0538. The van der Waals surface area contributed by atoms with Crippen molar-refractivity contribution in [2.45, 2.75) is 47.0 Å². The fraction of sp³-hybridized carbons (Fsp3) is 0.474. The number of esters is 1. The number of nitrogens with zero attached hydrogens (tertiary/aromatic N) is 2. The van der Waals surface area contributed by atoms with Crippen LogP contribution in [0, 0.1) is 0 Å². The molecular weight excluding hydrogens is 380 g/mol. The monoisotopic (exact) mass is 408 g/mol. The zero-order chi connectivity index (χ0) is 21.8. The second kappa shape index (κ2) is 12.3. The Morgan fingerprint density at radius 1 is 1.21 bits per heavy atom. The molecule has 10 heteroatoms. The van der Waals surface area contributed by atoms with E-state index in [0.29, 0.717) is 30.0 Å². The number of aromatic nitrogens is 2. The summed E-state index contributed by atoms with van der Waals surface area (Å²) in [5.41, 5.74) is 1.31. The van der Waals surface area contributed by atoms with E-state index >= 15 is 0 Å². The lowest BCUT2D eigenvalue weighted by Gasteiger charge is -2.09. The van der Waals surface area contributed by atoms with Crippen LogP contribution in [0.1, 0.15) is 39.9 Å². The fourth-order valence-electron chi connectivity index (χ4n) is 2.39. The molecule has 0 aliphatic carbocycles. The van der Waals surface area contributed by atoms with E-state index in [1.807, 2.05) is 26.0 Å². The number of hydrogen-bond acceptors (Lipinski definition) is 6. The average molecular weight is 408 g/mol. The molecule has 3 N–H and O–H groups in total. The van der Waals surface area contributed by atoms with Crippen LogP contribution in [0.3, 0.4) is 0 Å². The highest BCUT2D eigenvalue weighted by molar-refractivity contribution is 5.90. The van der Waals surface area contributed by atoms with E-state index in [9.17, 15) is 14.4 Å². The zero-order valence-corrected chi connectivity index (χ0v) is 17.1. The third-order valence-corrected chi connectivity index (χ3v) is 3.49. The zero-order valence-electron chi connectivity index (χ0n) is 17.1. The summed E-state index contributed by atoms with van der Waals surface area (Å²) in [6, 6.07) is 6.88. The number of carboxylic acid groups (broad SMARTS) is 1. The van der Waals surface area contributed by atoms with E-state index in [-0.39, 0.29) is 18.5 Å². The fourth-order valence-corrected chi connectivity index (χ4v) is 2.39. The third-order valence-electron chi connectivity index (χ3n) is 3.49. The number of ether oxygens (including phenoxy) is 2. The predicted octanol–water partition coefficient (Wildman–Crippen LogP) is 2.70. The third kappa shape index (κ3) is 8.18. The second-order valence-electron chi connectivity index (χ2n) is 5.88. The van der Waals surface area contributed by atoms with Crippen LogP contribution in [-0.4, -0.2) is 52.2 Å². The molecule has 1 atom stereocenters. The first-order chi connectivity index (χ1) is 13.8. The van der Waals surface area contributed by atoms with E-state index in [1.54, 1.807) is 19.1 Å². The highest BCUT2D eigenvalue weighted by Crippen LogP contribution is 2.15. The molecule has 0 aliphatic rings. The van der Waals surface area contributed by atoms with Crippen LogP contribution in [-0.2, 0) is 20.8 Å². The first-order valence-corrected chi connectivity index (χ1v) is 9.30. The number of carbonyl (C=O) groups excluding carboxylic acids is 2. The first kappa shape index (κ1) is 23.9. The quantitative estimate of drug-likeness (QED) is 0.474. The van der Waals surface area contributed by atoms with Crippen molar-refractivity contribution in [3.63, 3.8) is 0 Å². The van der Waals surface area contributed by atoms with Crippen molar-refractivity contribution in [2.24, 2.45) is 0 Å². The van der Waals surface area contributed by atoms with Crippen molar-refractivity contribution < 1.29 is 29.0 Å². The summed E-state index contributed by atoms with van der Waals surface area (Å²) in [5, 5.41) is 13.7. The Bertz CT molecular complexity index is 820. The van der Waals surface area contributed by atoms with Crippen LogP contribution in [0.5, 0.6) is 0 Å². The predicted molar refractivity (Wildman–Crippen MR) is 107 cm³/mol. The lowest BCUT2D eigenvalue weighted by Crippen LogP contribution is -2.32. The molecule has 0 saturated carbocycles. The number of carbonyl (C=O) groups is 3. The summed E-state index contributed by atoms with van der Waals surface area (Å²) in [6.07, 6.45) is -0.744. The normalized spacial score (nSPS) is 11.2. The summed E-state index contributed by atoms with van der Waals surface area (Å²) >= 11 is 0. The van der Waals surface area contributed by atoms with E-state index in [4.69, 9.17) is 9.84 Å². The topological polar surface area (TPSA) is 132 Å². The standard InChI is InChI=1S/C13H16N4O3.C6H12O3/c1-2-7-14-12(18)17-10-6-4-3-5-9(10)16-11(17)8-15-13(19)20;1-4-8-6(3)9-5(2)7/h3-6,15H,2,7-8H2,1H3,(H,14,18)(H,19,20);6H,4H2,1-3H3. The van der Waals surface area contributed by atoms with Gasteiger partial charge in [-0.1, -0.05) is 19.1 Å². The van der Waals surface area contributed by atoms with Crippen LogP contribution in [0.15, 0.2) is 24.3 Å². The van der Waals surface area contributed by atoms with E-state index in [1.165, 1.54) is 11.5 Å². The van der Waals surface area contributed by atoms with Gasteiger partial charge in [-0.15, -0.1) is 0 Å². The van der Waals surface area contributed by atoms with Gasteiger partial charge in [0.25, 0.3) is 0 Å². The summed E-state index contributed by atoms with van der Waals surface area (Å²) in [7, 11) is 0. The van der Waals surface area contributed by atoms with Crippen molar-refractivity contribution in [1.29, 1.82) is 0 Å². The molecule has 0 aliphatic heterocycles. The Labute approximate surface area is 169 Å². The molecule has 1 unspecified atom stereocenters. The second-order valence-corrected chi connectivity index (χ2v) is 5.88. The molecule has 10 nitrogen and oxygen atoms in total. The van der Waals surface area contributed by atoms with Crippen LogP contribution in [0.2, 0.25) is 0 Å². The van der Waals surface area contributed by atoms with Crippen molar-refractivity contribution in [3.05, 3.63) is 30.1 Å². The summed E-state index contributed by atoms with van der Waals surface area (Å²) in [4.78, 5) is 37.3. The Hall–Kier alpha value is -3.14. The maximum absolute atomic E-state index is 12.2. The molecule has 1 aromatic heterocycles. The van der Waals surface area contributed by atoms with Crippen LogP contribution >= 0.6 is 0 Å². The average Bonchev–Trinajstić information content (AvgIpc) is 3.03. The number of hydrogen-bond donors (Lipinski definition) is 3. The van der Waals surface area contributed by atoms with Gasteiger partial charge in [-0.3, -0.25) is 4.79 Å². The lowest BCUT2D eigenvalue weighted by molar-refractivity contribution is -0.171. The Morgan fingerprint density at radius 3 is 2.48 bits per heavy atom. The molecule has 2 aromatic rings. The van der Waals surface area contributed by atoms with Crippen molar-refractivity contribution in [1.82, 2.24) is 20.2 Å². The molecule has 0 bridgehead atoms. The molecule has 0 radical (unpaired) electrons. The number of nitrogens with one attached hydrogen (secondary N) is 2. The molecule has 29 heavy (non-hydrogen) atoms. The maximum Gasteiger partial charge on any atom is 0.405 e. The van der Waals surface area contributed by atoms with Crippen molar-refractivity contribution in [3.8, 4) is 0 Å². The highest BCUT2D eigenvalue weighted by atomic mass is 16.7. The molecule has 1 aromatic carbocycles. The summed E-state index contributed by atoms with van der Waals surface area (Å²) < 4.78 is 10.9. The lowest BCUT2D eigenvalue weighted by atomic mass is 10.3. The number of fused-ring (bicyclic) bond motifs is 1. The number of para-hydroxylation sites is 2. The van der Waals surface area contributed by atoms with Crippen molar-refractivity contribution >= 4 is 29.1 Å². The number of amides is 2. The van der Waals surface area contributed by atoms with Crippen LogP contribution in [0.4, 0.5) is 9.59 Å². The SMILES string of the molecule is CCCNC(=O)n1c(CNC(=O)O)nc2ccccc21.CCOC(C)OC(C)=O. The highest BCUT2D eigenvalue weighted by Gasteiger charge is 2.16. The molecule has 2 rings (SSSR count). The minimum Gasteiger partial charge on any atom is -0.465 e. The largest absolute Gasteiger partial charge is 0.465 e. The first-order valence-electron chi connectivity index (χ1n) is 9.30. The minimum atomic E-state index is -1.16. The number of imidazole rings is 1. The Balaban J connectivity index is 0.000000396. The van der Waals surface area contributed by atoms with E-state index in [2.05, 4.69) is 20.4 Å². The molecule has 0 fully saturated rings. The molecule has 0 saturated heterocycles. The van der Waals surface area contributed by atoms with E-state index < -0.39 is 12.4 Å². The van der Waals surface area contributed by atoms with Crippen LogP contribution < -0.4 is 10.6 Å². The van der Waals surface area contributed by atoms with Gasteiger partial charge in [0.2, 0.25) is 0 Å². The maximum atomic E-state index is 12.2. The van der Waals surface area contributed by atoms with Gasteiger partial charge < -0.3 is 25.2 Å². The van der Waals surface area contributed by atoms with Gasteiger partial charge in [0.15, 0.2) is 6.29 Å². The smallest absolute Gasteiger partial charge is 0.405 e. The van der Waals surface area contributed by atoms with Gasteiger partial charge in [0.05, 0.1) is 17.6 Å². The number of benzene rings is 1. The summed E-state index contributed by atoms with van der Waals surface area (Å²) in [6.45, 7) is 7.94. The van der Waals surface area contributed by atoms with Gasteiger partial charge in [-0.2, -0.15) is 0 Å². The molecule has 2 amide bonds. The van der Waals surface area contributed by atoms with Crippen LogP contribution in [0.25, 0.3) is 11.0 Å². The molecular formula is C19H28N4O6. The van der Waals surface area contributed by atoms with Gasteiger partial charge in [-0.25, -0.2) is 19.1 Å². The van der Waals surface area contributed by atoms with Gasteiger partial charge >= 0.3 is 18.1 Å². The molecule has 160 valence electrons. The minimum absolute atomic E-state index is 0.0242. The van der Waals surface area contributed by atoms with Gasteiger partial charge in [0, 0.05) is 20.1 Å². The van der Waals surface area contributed by atoms with Gasteiger partial charge in [-0.05, 0) is 32.4 Å². The van der Waals surface area contributed by atoms with Crippen molar-refractivity contribution in [2.75, 3.05) is 13.2 Å². The van der Waals surface area contributed by atoms with E-state index in [0.717, 1.165) is 6.42 Å². The Morgan fingerprint density at radius 2 is 1.90 bits per heavy atom. The molecule has 0 spiro atoms. The van der Waals surface area contributed by atoms with Gasteiger partial charge in [0.1, 0.15) is 5.82 Å². The Kier molecular flexibility index (Phi) is 10.2. The molecule has 1 heterocycles.